The van der Waals surface area contributed by atoms with E-state index >= 15 is 0 Å². The summed E-state index contributed by atoms with van der Waals surface area (Å²) in [5.41, 5.74) is 16.7. The minimum Gasteiger partial charge on any atom is -0.382 e. The molecule has 0 fully saturated rings. The predicted molar refractivity (Wildman–Crippen MR) is 189 cm³/mol. The fraction of sp³-hybridized carbons (Fsp3) is 0.116. The monoisotopic (exact) mass is 578 g/mol. The van der Waals surface area contributed by atoms with E-state index in [0.717, 1.165) is 12.2 Å². The lowest BCUT2D eigenvalue weighted by Gasteiger charge is -2.33. The quantitative estimate of drug-likeness (QED) is 0.223. The van der Waals surface area contributed by atoms with E-state index in [0.29, 0.717) is 0 Å². The van der Waals surface area contributed by atoms with Crippen LogP contribution in [0.25, 0.3) is 49.9 Å². The lowest BCUT2D eigenvalue weighted by Crippen LogP contribution is -2.41. The van der Waals surface area contributed by atoms with Crippen molar-refractivity contribution in [1.82, 2.24) is 10.6 Å². The second-order valence-corrected chi connectivity index (χ2v) is 13.0. The Hall–Kier alpha value is -5.34. The topological polar surface area (TPSA) is 24.1 Å². The first kappa shape index (κ1) is 26.1. The molecular weight excluding hydrogens is 544 g/mol. The van der Waals surface area contributed by atoms with Crippen LogP contribution in [-0.2, 0) is 5.41 Å². The van der Waals surface area contributed by atoms with Gasteiger partial charge in [-0.2, -0.15) is 0 Å². The molecule has 2 N–H and O–H groups in total. The van der Waals surface area contributed by atoms with Crippen molar-refractivity contribution in [1.29, 1.82) is 0 Å². The van der Waals surface area contributed by atoms with Gasteiger partial charge < -0.3 is 10.6 Å². The standard InChI is InChI=1S/C43H34N2/c1-43(2)37-26-32(20-22-35(37)39-36(28-9-4-3-5-10-28)25-33-11-6-7-13-34(33)40(39)43)27-14-16-29(17-15-27)38-23-21-31-19-18-30-12-8-24-44-41(30)42(31)45-38/h3-23,25-26,42,44-45H,24H2,1-2H3. The van der Waals surface area contributed by atoms with Gasteiger partial charge in [-0.3, -0.25) is 0 Å². The van der Waals surface area contributed by atoms with Crippen molar-refractivity contribution in [2.75, 3.05) is 6.54 Å². The minimum absolute atomic E-state index is 0.129. The van der Waals surface area contributed by atoms with Crippen molar-refractivity contribution in [3.8, 4) is 33.4 Å². The highest BCUT2D eigenvalue weighted by molar-refractivity contribution is 6.05. The van der Waals surface area contributed by atoms with Crippen LogP contribution in [0.1, 0.15) is 30.5 Å². The van der Waals surface area contributed by atoms with Crippen LogP contribution in [0, 0.1) is 0 Å². The highest BCUT2D eigenvalue weighted by Crippen LogP contribution is 2.55. The molecule has 1 unspecified atom stereocenters. The fourth-order valence-electron chi connectivity index (χ4n) is 7.84. The average Bonchev–Trinajstić information content (AvgIpc) is 3.34. The van der Waals surface area contributed by atoms with E-state index < -0.39 is 0 Å². The molecule has 45 heavy (non-hydrogen) atoms. The van der Waals surface area contributed by atoms with Gasteiger partial charge in [-0.05, 0) is 90.2 Å². The summed E-state index contributed by atoms with van der Waals surface area (Å²) in [6, 6.07) is 38.4. The summed E-state index contributed by atoms with van der Waals surface area (Å²) < 4.78 is 0. The molecular formula is C43H34N2. The molecule has 0 bridgehead atoms. The molecule has 2 heteroatoms. The first-order chi connectivity index (χ1) is 22.1. The Kier molecular flexibility index (Phi) is 5.70. The number of nitrogens with one attached hydrogen (secondary N) is 2. The van der Waals surface area contributed by atoms with Crippen LogP contribution in [0.2, 0.25) is 0 Å². The normalized spacial score (nSPS) is 18.7. The molecule has 216 valence electrons. The van der Waals surface area contributed by atoms with Crippen molar-refractivity contribution in [2.45, 2.75) is 25.3 Å². The Morgan fingerprint density at radius 2 is 1.44 bits per heavy atom. The van der Waals surface area contributed by atoms with Gasteiger partial charge in [-0.25, -0.2) is 0 Å². The maximum absolute atomic E-state index is 3.81. The summed E-state index contributed by atoms with van der Waals surface area (Å²) in [5, 5.41) is 10.0. The molecule has 5 aromatic rings. The molecule has 2 heterocycles. The lowest BCUT2D eigenvalue weighted by atomic mass is 9.79. The van der Waals surface area contributed by atoms with E-state index in [4.69, 9.17) is 0 Å². The zero-order valence-electron chi connectivity index (χ0n) is 25.6. The Morgan fingerprint density at radius 3 is 2.31 bits per heavy atom. The molecule has 2 nitrogen and oxygen atoms in total. The number of hydrogen-bond acceptors (Lipinski definition) is 2. The zero-order chi connectivity index (χ0) is 30.1. The third-order valence-corrected chi connectivity index (χ3v) is 10.1. The van der Waals surface area contributed by atoms with E-state index in [-0.39, 0.29) is 11.5 Å². The maximum Gasteiger partial charge on any atom is 0.0920 e. The van der Waals surface area contributed by atoms with Crippen molar-refractivity contribution < 1.29 is 0 Å². The molecule has 5 aromatic carbocycles. The molecule has 4 aliphatic rings. The highest BCUT2D eigenvalue weighted by atomic mass is 15.0. The summed E-state index contributed by atoms with van der Waals surface area (Å²) in [7, 11) is 0. The van der Waals surface area contributed by atoms with E-state index in [1.54, 1.807) is 0 Å². The fourth-order valence-corrected chi connectivity index (χ4v) is 7.84. The molecule has 0 saturated carbocycles. The third kappa shape index (κ3) is 4.02. The van der Waals surface area contributed by atoms with Crippen LogP contribution in [0.4, 0.5) is 0 Å². The number of fused-ring (bicyclic) bond motifs is 7. The lowest BCUT2D eigenvalue weighted by molar-refractivity contribution is 0.666. The zero-order valence-corrected chi connectivity index (χ0v) is 25.6. The van der Waals surface area contributed by atoms with Crippen LogP contribution < -0.4 is 10.6 Å². The van der Waals surface area contributed by atoms with Crippen molar-refractivity contribution in [3.63, 3.8) is 0 Å². The molecule has 0 radical (unpaired) electrons. The Bertz CT molecular complexity index is 2190. The Balaban J connectivity index is 1.09. The average molecular weight is 579 g/mol. The number of allylic oxidation sites excluding steroid dienone is 5. The van der Waals surface area contributed by atoms with Gasteiger partial charge in [0.2, 0.25) is 0 Å². The summed E-state index contributed by atoms with van der Waals surface area (Å²) >= 11 is 0. The second kappa shape index (κ2) is 9.84. The van der Waals surface area contributed by atoms with Gasteiger partial charge in [0, 0.05) is 23.4 Å². The van der Waals surface area contributed by atoms with E-state index in [2.05, 4.69) is 164 Å². The number of hydrogen-bond donors (Lipinski definition) is 2. The SMILES string of the molecule is CC1(C)c2cc(-c3ccc(C4=CC=C5C=CC6=C(NCC=C6)C5N4)cc3)ccc2-c2c(-c3ccccc3)cc3ccccc3c21. The molecule has 2 aliphatic carbocycles. The summed E-state index contributed by atoms with van der Waals surface area (Å²) in [5.74, 6) is 0. The van der Waals surface area contributed by atoms with E-state index in [1.165, 1.54) is 77.7 Å². The van der Waals surface area contributed by atoms with E-state index in [1.807, 2.05) is 0 Å². The van der Waals surface area contributed by atoms with Crippen molar-refractivity contribution in [3.05, 3.63) is 173 Å². The van der Waals surface area contributed by atoms with E-state index in [9.17, 15) is 0 Å². The summed E-state index contributed by atoms with van der Waals surface area (Å²) in [6.07, 6.45) is 13.3. The Labute approximate surface area is 264 Å². The van der Waals surface area contributed by atoms with Crippen LogP contribution in [-0.4, -0.2) is 12.6 Å². The molecule has 1 atom stereocenters. The van der Waals surface area contributed by atoms with Gasteiger partial charge in [-0.15, -0.1) is 0 Å². The van der Waals surface area contributed by atoms with Crippen LogP contribution >= 0.6 is 0 Å². The van der Waals surface area contributed by atoms with Crippen LogP contribution in [0.3, 0.4) is 0 Å². The molecule has 2 aliphatic heterocycles. The first-order valence-electron chi connectivity index (χ1n) is 15.9. The summed E-state index contributed by atoms with van der Waals surface area (Å²) in [4.78, 5) is 0. The smallest absolute Gasteiger partial charge is 0.0920 e. The summed E-state index contributed by atoms with van der Waals surface area (Å²) in [6.45, 7) is 5.67. The molecule has 0 spiro atoms. The molecule has 0 amide bonds. The minimum atomic E-state index is -0.129. The van der Waals surface area contributed by atoms with Crippen molar-refractivity contribution >= 4 is 16.5 Å². The third-order valence-electron chi connectivity index (χ3n) is 10.1. The van der Waals surface area contributed by atoms with Gasteiger partial charge >= 0.3 is 0 Å². The number of dihydropyridines is 2. The van der Waals surface area contributed by atoms with Gasteiger partial charge in [0.15, 0.2) is 0 Å². The van der Waals surface area contributed by atoms with Gasteiger partial charge in [0.1, 0.15) is 0 Å². The largest absolute Gasteiger partial charge is 0.382 e. The van der Waals surface area contributed by atoms with Gasteiger partial charge in [0.25, 0.3) is 0 Å². The Morgan fingerprint density at radius 1 is 0.667 bits per heavy atom. The molecule has 9 rings (SSSR count). The second-order valence-electron chi connectivity index (χ2n) is 13.0. The van der Waals surface area contributed by atoms with Gasteiger partial charge in [0.05, 0.1) is 6.04 Å². The molecule has 0 aromatic heterocycles. The van der Waals surface area contributed by atoms with Crippen molar-refractivity contribution in [2.24, 2.45) is 0 Å². The number of benzene rings is 5. The van der Waals surface area contributed by atoms with Gasteiger partial charge in [-0.1, -0.05) is 135 Å². The first-order valence-corrected chi connectivity index (χ1v) is 15.9. The maximum atomic E-state index is 3.81. The van der Waals surface area contributed by atoms with Crippen LogP contribution in [0.5, 0.6) is 0 Å². The van der Waals surface area contributed by atoms with Crippen LogP contribution in [0.15, 0.2) is 156 Å². The highest BCUT2D eigenvalue weighted by Gasteiger charge is 2.39. The predicted octanol–water partition coefficient (Wildman–Crippen LogP) is 9.70. The number of rotatable bonds is 3. The molecule has 0 saturated heterocycles.